The largest absolute Gasteiger partial charge is 0.481 e. The van der Waals surface area contributed by atoms with Crippen molar-refractivity contribution < 1.29 is 24.5 Å². The molecule has 1 rings (SSSR count). The molecule has 2 N–H and O–H groups in total. The molecule has 1 aliphatic rings. The molecule has 0 aromatic carbocycles. The summed E-state index contributed by atoms with van der Waals surface area (Å²) in [6, 6.07) is 0. The Morgan fingerprint density at radius 2 is 2.00 bits per heavy atom. The van der Waals surface area contributed by atoms with Crippen LogP contribution in [-0.4, -0.2) is 48.7 Å². The zero-order valence-electron chi connectivity index (χ0n) is 9.65. The van der Waals surface area contributed by atoms with Crippen molar-refractivity contribution in [1.29, 1.82) is 0 Å². The molecule has 0 aliphatic heterocycles. The van der Waals surface area contributed by atoms with Gasteiger partial charge in [-0.15, -0.1) is 0 Å². The van der Waals surface area contributed by atoms with Gasteiger partial charge in [-0.25, -0.2) is 0 Å². The van der Waals surface area contributed by atoms with E-state index in [4.69, 9.17) is 14.6 Å². The Morgan fingerprint density at radius 1 is 1.38 bits per heavy atom. The summed E-state index contributed by atoms with van der Waals surface area (Å²) in [7, 11) is 1.59. The van der Waals surface area contributed by atoms with Crippen LogP contribution in [0, 0.1) is 5.92 Å². The normalized spacial score (nSPS) is 30.2. The van der Waals surface area contributed by atoms with E-state index in [0.717, 1.165) is 0 Å². The lowest BCUT2D eigenvalue weighted by Crippen LogP contribution is -2.40. The van der Waals surface area contributed by atoms with E-state index in [0.29, 0.717) is 38.9 Å². The zero-order chi connectivity index (χ0) is 12.0. The Kier molecular flexibility index (Phi) is 5.18. The standard InChI is InChI=1S/C11H20O5/c1-15-6-7-16-8-11(14)4-2-9(3-5-11)10(12)13/h9,14H,2-8H2,1H3,(H,12,13). The summed E-state index contributed by atoms with van der Waals surface area (Å²) in [5.41, 5.74) is -0.848. The molecule has 0 atom stereocenters. The smallest absolute Gasteiger partial charge is 0.306 e. The van der Waals surface area contributed by atoms with Crippen LogP contribution in [0.4, 0.5) is 0 Å². The van der Waals surface area contributed by atoms with Crippen molar-refractivity contribution in [3.05, 3.63) is 0 Å². The second kappa shape index (κ2) is 6.18. The van der Waals surface area contributed by atoms with Gasteiger partial charge < -0.3 is 19.7 Å². The Labute approximate surface area is 95.4 Å². The first kappa shape index (κ1) is 13.4. The number of hydrogen-bond acceptors (Lipinski definition) is 4. The van der Waals surface area contributed by atoms with E-state index in [1.165, 1.54) is 0 Å². The zero-order valence-corrected chi connectivity index (χ0v) is 9.65. The average Bonchev–Trinajstić information content (AvgIpc) is 2.25. The number of hydrogen-bond donors (Lipinski definition) is 2. The van der Waals surface area contributed by atoms with Crippen molar-refractivity contribution in [2.45, 2.75) is 31.3 Å². The van der Waals surface area contributed by atoms with Gasteiger partial charge in [0.25, 0.3) is 0 Å². The van der Waals surface area contributed by atoms with E-state index < -0.39 is 11.6 Å². The van der Waals surface area contributed by atoms with E-state index in [1.54, 1.807) is 7.11 Å². The van der Waals surface area contributed by atoms with Crippen molar-refractivity contribution in [3.8, 4) is 0 Å². The highest BCUT2D eigenvalue weighted by Crippen LogP contribution is 2.32. The van der Waals surface area contributed by atoms with Crippen LogP contribution in [0.3, 0.4) is 0 Å². The average molecular weight is 232 g/mol. The molecule has 0 aromatic rings. The van der Waals surface area contributed by atoms with E-state index in [1.807, 2.05) is 0 Å². The predicted molar refractivity (Wildman–Crippen MR) is 57.2 cm³/mol. The molecule has 0 amide bonds. The van der Waals surface area contributed by atoms with Crippen LogP contribution < -0.4 is 0 Å². The monoisotopic (exact) mass is 232 g/mol. The van der Waals surface area contributed by atoms with Gasteiger partial charge in [0.05, 0.1) is 31.3 Å². The maximum atomic E-state index is 10.7. The van der Waals surface area contributed by atoms with Crippen molar-refractivity contribution in [2.24, 2.45) is 5.92 Å². The van der Waals surface area contributed by atoms with Crippen molar-refractivity contribution in [2.75, 3.05) is 26.9 Å². The summed E-state index contributed by atoms with van der Waals surface area (Å²) in [4.78, 5) is 10.7. The fourth-order valence-electron chi connectivity index (χ4n) is 1.95. The summed E-state index contributed by atoms with van der Waals surface area (Å²) in [6.45, 7) is 1.23. The van der Waals surface area contributed by atoms with Gasteiger partial charge in [0.1, 0.15) is 0 Å². The van der Waals surface area contributed by atoms with Gasteiger partial charge >= 0.3 is 5.97 Å². The van der Waals surface area contributed by atoms with Crippen LogP contribution >= 0.6 is 0 Å². The Hall–Kier alpha value is -0.650. The van der Waals surface area contributed by atoms with E-state index in [-0.39, 0.29) is 12.5 Å². The molecule has 0 bridgehead atoms. The van der Waals surface area contributed by atoms with E-state index in [2.05, 4.69) is 0 Å². The lowest BCUT2D eigenvalue weighted by molar-refractivity contribution is -0.146. The minimum Gasteiger partial charge on any atom is -0.481 e. The van der Waals surface area contributed by atoms with Gasteiger partial charge in [-0.1, -0.05) is 0 Å². The van der Waals surface area contributed by atoms with Gasteiger partial charge in [0.2, 0.25) is 0 Å². The van der Waals surface area contributed by atoms with Crippen molar-refractivity contribution >= 4 is 5.97 Å². The molecule has 94 valence electrons. The lowest BCUT2D eigenvalue weighted by atomic mass is 9.79. The highest BCUT2D eigenvalue weighted by molar-refractivity contribution is 5.70. The summed E-state index contributed by atoms with van der Waals surface area (Å²) < 4.78 is 10.1. The molecule has 0 heterocycles. The molecule has 16 heavy (non-hydrogen) atoms. The van der Waals surface area contributed by atoms with Crippen molar-refractivity contribution in [1.82, 2.24) is 0 Å². The summed E-state index contributed by atoms with van der Waals surface area (Å²) in [5.74, 6) is -1.07. The second-order valence-electron chi connectivity index (χ2n) is 4.38. The maximum absolute atomic E-state index is 10.7. The van der Waals surface area contributed by atoms with Crippen LogP contribution in [-0.2, 0) is 14.3 Å². The van der Waals surface area contributed by atoms with E-state index >= 15 is 0 Å². The fraction of sp³-hybridized carbons (Fsp3) is 0.909. The third-order valence-corrected chi connectivity index (χ3v) is 3.07. The summed E-state index contributed by atoms with van der Waals surface area (Å²) >= 11 is 0. The lowest BCUT2D eigenvalue weighted by Gasteiger charge is -2.34. The van der Waals surface area contributed by atoms with Crippen LogP contribution in [0.2, 0.25) is 0 Å². The number of ether oxygens (including phenoxy) is 2. The van der Waals surface area contributed by atoms with Crippen LogP contribution in [0.5, 0.6) is 0 Å². The number of methoxy groups -OCH3 is 1. The number of carboxylic acid groups (broad SMARTS) is 1. The van der Waals surface area contributed by atoms with Gasteiger partial charge in [-0.3, -0.25) is 4.79 Å². The van der Waals surface area contributed by atoms with Gasteiger partial charge in [0.15, 0.2) is 0 Å². The molecule has 5 nitrogen and oxygen atoms in total. The Morgan fingerprint density at radius 3 is 2.50 bits per heavy atom. The van der Waals surface area contributed by atoms with Gasteiger partial charge in [0, 0.05) is 7.11 Å². The summed E-state index contributed by atoms with van der Waals surface area (Å²) in [6.07, 6.45) is 2.05. The first-order valence-corrected chi connectivity index (χ1v) is 5.59. The maximum Gasteiger partial charge on any atom is 0.306 e. The number of rotatable bonds is 6. The molecule has 0 aromatic heterocycles. The van der Waals surface area contributed by atoms with Crippen LogP contribution in [0.25, 0.3) is 0 Å². The minimum absolute atomic E-state index is 0.267. The number of aliphatic hydroxyl groups is 1. The van der Waals surface area contributed by atoms with Gasteiger partial charge in [-0.2, -0.15) is 0 Å². The van der Waals surface area contributed by atoms with Gasteiger partial charge in [-0.05, 0) is 25.7 Å². The molecule has 1 saturated carbocycles. The third-order valence-electron chi connectivity index (χ3n) is 3.07. The van der Waals surface area contributed by atoms with Crippen molar-refractivity contribution in [3.63, 3.8) is 0 Å². The number of carbonyl (C=O) groups is 1. The Bertz CT molecular complexity index is 220. The molecular formula is C11H20O5. The molecular weight excluding hydrogens is 212 g/mol. The highest BCUT2D eigenvalue weighted by Gasteiger charge is 2.35. The molecule has 1 aliphatic carbocycles. The minimum atomic E-state index is -0.848. The summed E-state index contributed by atoms with van der Waals surface area (Å²) in [5, 5.41) is 18.9. The second-order valence-corrected chi connectivity index (χ2v) is 4.38. The third kappa shape index (κ3) is 4.08. The SMILES string of the molecule is COCCOCC1(O)CCC(C(=O)O)CC1. The molecule has 5 heteroatoms. The quantitative estimate of drug-likeness (QED) is 0.658. The first-order valence-electron chi connectivity index (χ1n) is 5.59. The molecule has 1 fully saturated rings. The molecule has 0 spiro atoms. The van der Waals surface area contributed by atoms with E-state index in [9.17, 15) is 9.90 Å². The van der Waals surface area contributed by atoms with Crippen LogP contribution in [0.15, 0.2) is 0 Å². The highest BCUT2D eigenvalue weighted by atomic mass is 16.5. The number of aliphatic carboxylic acids is 1. The molecule has 0 unspecified atom stereocenters. The first-order chi connectivity index (χ1) is 7.57. The van der Waals surface area contributed by atoms with Crippen LogP contribution in [0.1, 0.15) is 25.7 Å². The number of carboxylic acids is 1. The molecule has 0 radical (unpaired) electrons. The fourth-order valence-corrected chi connectivity index (χ4v) is 1.95. The Balaban J connectivity index is 2.24. The topological polar surface area (TPSA) is 76.0 Å². The predicted octanol–water partition coefficient (Wildman–Crippen LogP) is 0.655. The molecule has 0 saturated heterocycles.